The van der Waals surface area contributed by atoms with Crippen molar-refractivity contribution in [2.45, 2.75) is 19.8 Å². The van der Waals surface area contributed by atoms with Crippen LogP contribution in [0, 0.1) is 0 Å². The normalized spacial score (nSPS) is 11.3. The van der Waals surface area contributed by atoms with Gasteiger partial charge >= 0.3 is 5.97 Å². The van der Waals surface area contributed by atoms with Crippen LogP contribution in [0.4, 0.5) is 5.13 Å². The van der Waals surface area contributed by atoms with Crippen molar-refractivity contribution in [3.05, 3.63) is 11.1 Å². The molecule has 1 aromatic heterocycles. The zero-order chi connectivity index (χ0) is 14.3. The Kier molecular flexibility index (Phi) is 6.23. The minimum atomic E-state index is -2.91. The Morgan fingerprint density at radius 3 is 2.89 bits per heavy atom. The summed E-state index contributed by atoms with van der Waals surface area (Å²) in [6.45, 7) is 2.66. The van der Waals surface area contributed by atoms with Gasteiger partial charge in [0.25, 0.3) is 0 Å². The highest BCUT2D eigenvalue weighted by atomic mass is 32.2. The first kappa shape index (κ1) is 15.9. The summed E-state index contributed by atoms with van der Waals surface area (Å²) >= 11 is 1.39. The summed E-state index contributed by atoms with van der Waals surface area (Å²) < 4.78 is 26.7. The Balaban J connectivity index is 2.32. The van der Waals surface area contributed by atoms with Crippen LogP contribution in [0.1, 0.15) is 19.0 Å². The molecule has 0 atom stereocenters. The molecule has 0 aliphatic heterocycles. The van der Waals surface area contributed by atoms with E-state index in [0.717, 1.165) is 0 Å². The molecule has 8 heteroatoms. The largest absolute Gasteiger partial charge is 0.466 e. The summed E-state index contributed by atoms with van der Waals surface area (Å²) in [5, 5.41) is 5.51. The van der Waals surface area contributed by atoms with Crippen molar-refractivity contribution in [1.29, 1.82) is 0 Å². The van der Waals surface area contributed by atoms with E-state index in [0.29, 0.717) is 30.4 Å². The number of hydrogen-bond acceptors (Lipinski definition) is 7. The van der Waals surface area contributed by atoms with Crippen molar-refractivity contribution >= 4 is 32.3 Å². The highest BCUT2D eigenvalue weighted by Crippen LogP contribution is 2.16. The van der Waals surface area contributed by atoms with Gasteiger partial charge in [-0.25, -0.2) is 13.4 Å². The van der Waals surface area contributed by atoms with Gasteiger partial charge in [-0.05, 0) is 13.3 Å². The predicted octanol–water partition coefficient (Wildman–Crippen LogP) is 1.10. The number of anilines is 1. The molecule has 0 amide bonds. The number of carbonyl (C=O) groups is 1. The van der Waals surface area contributed by atoms with E-state index in [1.54, 1.807) is 12.3 Å². The standard InChI is InChI=1S/C11H18N2O4S2/c1-3-17-10(14)7-9-8-18-11(13-9)12-5-4-6-19(2,15)16/h8H,3-7H2,1-2H3,(H,12,13). The Morgan fingerprint density at radius 1 is 1.53 bits per heavy atom. The van der Waals surface area contributed by atoms with Crippen molar-refractivity contribution < 1.29 is 17.9 Å². The molecule has 6 nitrogen and oxygen atoms in total. The molecule has 0 bridgehead atoms. The van der Waals surface area contributed by atoms with E-state index in [4.69, 9.17) is 4.74 Å². The lowest BCUT2D eigenvalue weighted by Gasteiger charge is -2.01. The fourth-order valence-corrected chi connectivity index (χ4v) is 2.77. The number of hydrogen-bond donors (Lipinski definition) is 1. The second-order valence-electron chi connectivity index (χ2n) is 4.04. The van der Waals surface area contributed by atoms with Gasteiger partial charge in [0.1, 0.15) is 9.84 Å². The van der Waals surface area contributed by atoms with E-state index in [2.05, 4.69) is 10.3 Å². The van der Waals surface area contributed by atoms with Crippen LogP contribution in [0.2, 0.25) is 0 Å². The number of ether oxygens (including phenoxy) is 1. The lowest BCUT2D eigenvalue weighted by molar-refractivity contribution is -0.142. The molecule has 0 aliphatic rings. The molecule has 1 heterocycles. The Labute approximate surface area is 117 Å². The summed E-state index contributed by atoms with van der Waals surface area (Å²) in [6.07, 6.45) is 1.91. The summed E-state index contributed by atoms with van der Waals surface area (Å²) in [5.41, 5.74) is 0.661. The molecular formula is C11H18N2O4S2. The molecule has 0 spiro atoms. The summed E-state index contributed by atoms with van der Waals surface area (Å²) in [4.78, 5) is 15.5. The van der Waals surface area contributed by atoms with Crippen molar-refractivity contribution in [2.75, 3.05) is 30.5 Å². The molecule has 1 aromatic rings. The van der Waals surface area contributed by atoms with Crippen molar-refractivity contribution in [3.8, 4) is 0 Å². The highest BCUT2D eigenvalue weighted by Gasteiger charge is 2.08. The molecule has 108 valence electrons. The van der Waals surface area contributed by atoms with E-state index < -0.39 is 9.84 Å². The third-order valence-corrected chi connectivity index (χ3v) is 4.03. The Bertz CT molecular complexity index is 511. The van der Waals surface area contributed by atoms with Crippen LogP contribution in [-0.4, -0.2) is 44.5 Å². The van der Waals surface area contributed by atoms with Crippen LogP contribution in [0.5, 0.6) is 0 Å². The minimum Gasteiger partial charge on any atom is -0.466 e. The number of thiazole rings is 1. The van der Waals surface area contributed by atoms with Crippen molar-refractivity contribution in [1.82, 2.24) is 4.98 Å². The molecule has 0 aliphatic carbocycles. The second kappa shape index (κ2) is 7.44. The SMILES string of the molecule is CCOC(=O)Cc1csc(NCCCS(C)(=O)=O)n1. The van der Waals surface area contributed by atoms with Crippen LogP contribution in [-0.2, 0) is 25.8 Å². The number of nitrogens with zero attached hydrogens (tertiary/aromatic N) is 1. The van der Waals surface area contributed by atoms with Gasteiger partial charge in [0.2, 0.25) is 0 Å². The van der Waals surface area contributed by atoms with E-state index in [1.807, 2.05) is 0 Å². The number of rotatable bonds is 8. The maximum absolute atomic E-state index is 11.2. The highest BCUT2D eigenvalue weighted by molar-refractivity contribution is 7.90. The average molecular weight is 306 g/mol. The number of esters is 1. The molecule has 0 fully saturated rings. The summed E-state index contributed by atoms with van der Waals surface area (Å²) in [5.74, 6) is -0.141. The summed E-state index contributed by atoms with van der Waals surface area (Å²) in [7, 11) is -2.91. The molecule has 19 heavy (non-hydrogen) atoms. The Morgan fingerprint density at radius 2 is 2.26 bits per heavy atom. The van der Waals surface area contributed by atoms with E-state index >= 15 is 0 Å². The smallest absolute Gasteiger partial charge is 0.311 e. The van der Waals surface area contributed by atoms with Gasteiger partial charge in [-0.3, -0.25) is 4.79 Å². The maximum atomic E-state index is 11.2. The van der Waals surface area contributed by atoms with Gasteiger partial charge in [-0.1, -0.05) is 0 Å². The first-order valence-corrected chi connectivity index (χ1v) is 8.86. The van der Waals surface area contributed by atoms with Crippen LogP contribution in [0.15, 0.2) is 5.38 Å². The van der Waals surface area contributed by atoms with Crippen molar-refractivity contribution in [3.63, 3.8) is 0 Å². The van der Waals surface area contributed by atoms with Crippen LogP contribution in [0.25, 0.3) is 0 Å². The first-order valence-electron chi connectivity index (χ1n) is 5.92. The van der Waals surface area contributed by atoms with Gasteiger partial charge in [0, 0.05) is 18.2 Å². The monoisotopic (exact) mass is 306 g/mol. The number of sulfone groups is 1. The number of nitrogens with one attached hydrogen (secondary N) is 1. The van der Waals surface area contributed by atoms with Crippen LogP contribution in [0.3, 0.4) is 0 Å². The summed E-state index contributed by atoms with van der Waals surface area (Å²) in [6, 6.07) is 0. The van der Waals surface area contributed by atoms with E-state index in [-0.39, 0.29) is 18.1 Å². The Hall–Kier alpha value is -1.15. The fraction of sp³-hybridized carbons (Fsp3) is 0.636. The number of carbonyl (C=O) groups excluding carboxylic acids is 1. The van der Waals surface area contributed by atoms with Gasteiger partial charge < -0.3 is 10.1 Å². The molecule has 0 saturated carbocycles. The molecule has 1 rings (SSSR count). The van der Waals surface area contributed by atoms with Gasteiger partial charge in [0.05, 0.1) is 24.5 Å². The third kappa shape index (κ3) is 7.12. The molecule has 0 radical (unpaired) electrons. The van der Waals surface area contributed by atoms with Gasteiger partial charge in [0.15, 0.2) is 5.13 Å². The predicted molar refractivity (Wildman–Crippen MR) is 75.3 cm³/mol. The van der Waals surface area contributed by atoms with Crippen molar-refractivity contribution in [2.24, 2.45) is 0 Å². The van der Waals surface area contributed by atoms with E-state index in [1.165, 1.54) is 17.6 Å². The average Bonchev–Trinajstić information content (AvgIpc) is 2.71. The minimum absolute atomic E-state index is 0.154. The molecule has 0 aromatic carbocycles. The number of aromatic nitrogens is 1. The van der Waals surface area contributed by atoms with Crippen LogP contribution >= 0.6 is 11.3 Å². The van der Waals surface area contributed by atoms with Gasteiger partial charge in [-0.15, -0.1) is 11.3 Å². The molecular weight excluding hydrogens is 288 g/mol. The lowest BCUT2D eigenvalue weighted by Crippen LogP contribution is -2.10. The molecule has 0 unspecified atom stereocenters. The fourth-order valence-electron chi connectivity index (χ4n) is 1.36. The second-order valence-corrected chi connectivity index (χ2v) is 7.15. The third-order valence-electron chi connectivity index (χ3n) is 2.15. The van der Waals surface area contributed by atoms with Gasteiger partial charge in [-0.2, -0.15) is 0 Å². The molecule has 0 saturated heterocycles. The maximum Gasteiger partial charge on any atom is 0.311 e. The van der Waals surface area contributed by atoms with E-state index in [9.17, 15) is 13.2 Å². The lowest BCUT2D eigenvalue weighted by atomic mass is 10.3. The first-order chi connectivity index (χ1) is 8.90. The van der Waals surface area contributed by atoms with Crippen LogP contribution < -0.4 is 5.32 Å². The molecule has 1 N–H and O–H groups in total. The zero-order valence-electron chi connectivity index (χ0n) is 11.0. The zero-order valence-corrected chi connectivity index (χ0v) is 12.6. The topological polar surface area (TPSA) is 85.4 Å². The quantitative estimate of drug-likeness (QED) is 0.572.